The van der Waals surface area contributed by atoms with Crippen LogP contribution in [0, 0.1) is 11.6 Å². The van der Waals surface area contributed by atoms with Crippen LogP contribution in [0.5, 0.6) is 5.75 Å². The van der Waals surface area contributed by atoms with Crippen molar-refractivity contribution in [3.05, 3.63) is 94.2 Å². The van der Waals surface area contributed by atoms with Crippen molar-refractivity contribution >= 4 is 11.5 Å². The van der Waals surface area contributed by atoms with Crippen LogP contribution in [0.25, 0.3) is 0 Å². The molecule has 7 heteroatoms. The first-order valence-corrected chi connectivity index (χ1v) is 11.5. The second kappa shape index (κ2) is 9.91. The number of nitrogens with zero attached hydrogens (tertiary/aromatic N) is 1. The quantitative estimate of drug-likeness (QED) is 0.674. The number of hydrogen-bond acceptors (Lipinski definition) is 5. The van der Waals surface area contributed by atoms with Gasteiger partial charge in [0.2, 0.25) is 0 Å². The van der Waals surface area contributed by atoms with Gasteiger partial charge in [-0.2, -0.15) is 0 Å². The number of carbonyl (C=O) groups is 1. The number of halogens is 2. The smallest absolute Gasteiger partial charge is 0.193 e. The fourth-order valence-corrected chi connectivity index (χ4v) is 4.45. The number of fused-ring (bicyclic) bond motifs is 2. The zero-order valence-corrected chi connectivity index (χ0v) is 18.8. The number of benzene rings is 2. The fraction of sp³-hybridized carbons (Fsp3) is 0.296. The van der Waals surface area contributed by atoms with E-state index in [9.17, 15) is 13.6 Å². The first-order chi connectivity index (χ1) is 16.6. The largest absolute Gasteiger partial charge is 0.492 e. The molecule has 1 aliphatic heterocycles. The van der Waals surface area contributed by atoms with E-state index in [2.05, 4.69) is 10.2 Å². The van der Waals surface area contributed by atoms with Gasteiger partial charge < -0.3 is 14.8 Å². The van der Waals surface area contributed by atoms with Gasteiger partial charge in [-0.15, -0.1) is 0 Å². The minimum absolute atomic E-state index is 0.0260. The van der Waals surface area contributed by atoms with Gasteiger partial charge in [0.1, 0.15) is 24.0 Å². The zero-order valence-electron chi connectivity index (χ0n) is 18.8. The molecule has 0 saturated carbocycles. The maximum Gasteiger partial charge on any atom is 0.193 e. The number of rotatable bonds is 6. The SMILES string of the molecule is O=C1C2=CC=C(Nc3ccc(F)cc3F)CC2=CCc2cc(OCCN3CCOCC3)ccc21. The number of anilines is 1. The van der Waals surface area contributed by atoms with Crippen LogP contribution >= 0.6 is 0 Å². The summed E-state index contributed by atoms with van der Waals surface area (Å²) < 4.78 is 38.6. The molecule has 1 N–H and O–H groups in total. The van der Waals surface area contributed by atoms with Crippen LogP contribution in [0.1, 0.15) is 22.3 Å². The molecule has 1 heterocycles. The minimum atomic E-state index is -0.657. The van der Waals surface area contributed by atoms with Gasteiger partial charge in [-0.3, -0.25) is 9.69 Å². The summed E-state index contributed by atoms with van der Waals surface area (Å²) in [6, 6.07) is 9.06. The van der Waals surface area contributed by atoms with E-state index in [0.717, 1.165) is 61.5 Å². The van der Waals surface area contributed by atoms with Gasteiger partial charge in [0.05, 0.1) is 18.9 Å². The third-order valence-electron chi connectivity index (χ3n) is 6.32. The Kier molecular flexibility index (Phi) is 6.56. The summed E-state index contributed by atoms with van der Waals surface area (Å²) in [7, 11) is 0. The predicted molar refractivity (Wildman–Crippen MR) is 126 cm³/mol. The van der Waals surface area contributed by atoms with Gasteiger partial charge >= 0.3 is 0 Å². The van der Waals surface area contributed by atoms with Gasteiger partial charge in [0.15, 0.2) is 5.78 Å². The fourth-order valence-electron chi connectivity index (χ4n) is 4.45. The molecule has 5 nitrogen and oxygen atoms in total. The van der Waals surface area contributed by atoms with Crippen molar-refractivity contribution in [3.8, 4) is 5.75 Å². The molecule has 0 radical (unpaired) electrons. The highest BCUT2D eigenvalue weighted by Crippen LogP contribution is 2.33. The molecule has 0 atom stereocenters. The number of Topliss-reactive ketones (excluding diaryl/α,β-unsaturated/α-hetero) is 1. The van der Waals surface area contributed by atoms with E-state index >= 15 is 0 Å². The summed E-state index contributed by atoms with van der Waals surface area (Å²) in [4.78, 5) is 15.6. The molecule has 0 amide bonds. The molecule has 34 heavy (non-hydrogen) atoms. The molecular formula is C27H26F2N2O3. The van der Waals surface area contributed by atoms with Crippen LogP contribution in [0.2, 0.25) is 0 Å². The summed E-state index contributed by atoms with van der Waals surface area (Å²) in [6.45, 7) is 4.78. The Morgan fingerprint density at radius 2 is 1.91 bits per heavy atom. The second-order valence-corrected chi connectivity index (χ2v) is 8.58. The van der Waals surface area contributed by atoms with Gasteiger partial charge in [-0.05, 0) is 60.0 Å². The highest BCUT2D eigenvalue weighted by atomic mass is 19.1. The number of allylic oxidation sites excluding steroid dienone is 5. The molecule has 2 aromatic rings. The molecule has 2 aromatic carbocycles. The number of ether oxygens (including phenoxy) is 2. The van der Waals surface area contributed by atoms with Crippen molar-refractivity contribution in [1.82, 2.24) is 4.90 Å². The molecule has 2 aliphatic carbocycles. The number of morpholine rings is 1. The molecule has 0 aromatic heterocycles. The monoisotopic (exact) mass is 464 g/mol. The highest BCUT2D eigenvalue weighted by molar-refractivity contribution is 6.13. The number of nitrogens with one attached hydrogen (secondary N) is 1. The van der Waals surface area contributed by atoms with Crippen molar-refractivity contribution in [2.24, 2.45) is 0 Å². The molecule has 176 valence electrons. The van der Waals surface area contributed by atoms with Gasteiger partial charge in [0, 0.05) is 49.0 Å². The second-order valence-electron chi connectivity index (χ2n) is 8.58. The van der Waals surface area contributed by atoms with Crippen molar-refractivity contribution < 1.29 is 23.0 Å². The molecule has 5 rings (SSSR count). The van der Waals surface area contributed by atoms with Crippen molar-refractivity contribution in [2.45, 2.75) is 12.8 Å². The van der Waals surface area contributed by atoms with Crippen LogP contribution < -0.4 is 10.1 Å². The van der Waals surface area contributed by atoms with E-state index in [1.54, 1.807) is 12.2 Å². The normalized spacial score (nSPS) is 18.2. The molecule has 3 aliphatic rings. The average Bonchev–Trinajstić information content (AvgIpc) is 2.98. The van der Waals surface area contributed by atoms with E-state index in [1.807, 2.05) is 24.3 Å². The van der Waals surface area contributed by atoms with E-state index in [0.29, 0.717) is 30.6 Å². The maximum atomic E-state index is 14.0. The Morgan fingerprint density at radius 1 is 1.06 bits per heavy atom. The Labute approximate surface area is 197 Å². The van der Waals surface area contributed by atoms with Gasteiger partial charge in [-0.1, -0.05) is 6.08 Å². The van der Waals surface area contributed by atoms with Crippen LogP contribution in [0.4, 0.5) is 14.5 Å². The predicted octanol–water partition coefficient (Wildman–Crippen LogP) is 4.67. The molecular weight excluding hydrogens is 438 g/mol. The minimum Gasteiger partial charge on any atom is -0.492 e. The standard InChI is InChI=1S/C27H26F2N2O3/c28-20-3-8-26(25(29)17-20)30-21-4-6-23-18(15-21)1-2-19-16-22(5-7-24(19)27(23)32)34-14-11-31-9-12-33-13-10-31/h1,3-8,16-17,30H,2,9-15H2. The van der Waals surface area contributed by atoms with Crippen molar-refractivity contribution in [2.75, 3.05) is 44.8 Å². The Balaban J connectivity index is 1.27. The summed E-state index contributed by atoms with van der Waals surface area (Å²) >= 11 is 0. The van der Waals surface area contributed by atoms with E-state index in [1.165, 1.54) is 12.1 Å². The summed E-state index contributed by atoms with van der Waals surface area (Å²) in [5.41, 5.74) is 4.08. The molecule has 1 fully saturated rings. The third-order valence-corrected chi connectivity index (χ3v) is 6.32. The summed E-state index contributed by atoms with van der Waals surface area (Å²) in [5.74, 6) is -0.552. The van der Waals surface area contributed by atoms with E-state index in [-0.39, 0.29) is 11.5 Å². The van der Waals surface area contributed by atoms with Crippen LogP contribution in [0.15, 0.2) is 71.5 Å². The topological polar surface area (TPSA) is 50.8 Å². The van der Waals surface area contributed by atoms with E-state index in [4.69, 9.17) is 9.47 Å². The van der Waals surface area contributed by atoms with E-state index < -0.39 is 11.6 Å². The Hall–Kier alpha value is -3.29. The lowest BCUT2D eigenvalue weighted by Crippen LogP contribution is -2.38. The summed E-state index contributed by atoms with van der Waals surface area (Å²) in [5, 5.41) is 3.02. The first kappa shape index (κ1) is 22.5. The lowest BCUT2D eigenvalue weighted by Gasteiger charge is -2.26. The summed E-state index contributed by atoms with van der Waals surface area (Å²) in [6.07, 6.45) is 6.66. The van der Waals surface area contributed by atoms with Crippen LogP contribution in [-0.2, 0) is 11.2 Å². The molecule has 1 saturated heterocycles. The Morgan fingerprint density at radius 3 is 2.74 bits per heavy atom. The lowest BCUT2D eigenvalue weighted by atomic mass is 9.91. The van der Waals surface area contributed by atoms with Crippen molar-refractivity contribution in [1.29, 1.82) is 0 Å². The zero-order chi connectivity index (χ0) is 23.5. The highest BCUT2D eigenvalue weighted by Gasteiger charge is 2.25. The van der Waals surface area contributed by atoms with Crippen molar-refractivity contribution in [3.63, 3.8) is 0 Å². The van der Waals surface area contributed by atoms with Crippen LogP contribution in [0.3, 0.4) is 0 Å². The molecule has 0 unspecified atom stereocenters. The number of ketones is 1. The van der Waals surface area contributed by atoms with Crippen LogP contribution in [-0.4, -0.2) is 50.1 Å². The lowest BCUT2D eigenvalue weighted by molar-refractivity contribution is 0.0322. The van der Waals surface area contributed by atoms with Gasteiger partial charge in [-0.25, -0.2) is 8.78 Å². The molecule has 0 spiro atoms. The number of carbonyl (C=O) groups excluding carboxylic acids is 1. The van der Waals surface area contributed by atoms with Gasteiger partial charge in [0.25, 0.3) is 0 Å². The maximum absolute atomic E-state index is 14.0. The first-order valence-electron chi connectivity index (χ1n) is 11.5. The number of hydrogen-bond donors (Lipinski definition) is 1. The Bertz CT molecular complexity index is 1200. The third kappa shape index (κ3) is 4.95. The molecule has 0 bridgehead atoms. The average molecular weight is 465 g/mol.